The molecule has 3 rings (SSSR count). The summed E-state index contributed by atoms with van der Waals surface area (Å²) in [5.74, 6) is -1.77. The number of pyridine rings is 1. The van der Waals surface area contributed by atoms with Gasteiger partial charge in [0.15, 0.2) is 5.60 Å². The maximum absolute atomic E-state index is 15.4. The third-order valence-electron chi connectivity index (χ3n) is 4.23. The summed E-state index contributed by atoms with van der Waals surface area (Å²) in [5.41, 5.74) is -5.09. The molecule has 32 heavy (non-hydrogen) atoms. The summed E-state index contributed by atoms with van der Waals surface area (Å²) in [6.07, 6.45) is 4.49. The van der Waals surface area contributed by atoms with E-state index < -0.39 is 41.0 Å². The molecule has 0 bridgehead atoms. The molecule has 0 saturated heterocycles. The van der Waals surface area contributed by atoms with E-state index in [2.05, 4.69) is 30.3 Å². The number of halogens is 4. The van der Waals surface area contributed by atoms with Gasteiger partial charge in [0.25, 0.3) is 0 Å². The molecule has 1 aromatic carbocycles. The number of nitrogens with zero attached hydrogens (tertiary/aromatic N) is 6. The molecule has 13 heteroatoms. The number of alkyl halides is 2. The summed E-state index contributed by atoms with van der Waals surface area (Å²) in [6, 6.07) is 5.32. The molecule has 0 aliphatic carbocycles. The fraction of sp³-hybridized carbons (Fsp3) is 0.158. The standard InChI is InChI=1S/C19H15F4N7O2/c20-12-2-4-14(15(21)8-12)18(31,10-25-11-29-30-24)19(22,23)16-5-3-13(9-28-16)32-17-26-6-1-7-27-17/h1-9,11,31H,10H2,(H2,24,25,29). The lowest BCUT2D eigenvalue weighted by Crippen LogP contribution is -2.47. The van der Waals surface area contributed by atoms with Gasteiger partial charge in [-0.1, -0.05) is 5.22 Å². The zero-order valence-electron chi connectivity index (χ0n) is 16.1. The summed E-state index contributed by atoms with van der Waals surface area (Å²) in [7, 11) is 0. The van der Waals surface area contributed by atoms with Crippen molar-refractivity contribution in [2.75, 3.05) is 6.54 Å². The van der Waals surface area contributed by atoms with Gasteiger partial charge in [-0.05, 0) is 30.3 Å². The zero-order chi connectivity index (χ0) is 23.2. The SMILES string of the molecule is NN=NC=NCC(O)(c1ccc(F)cc1F)C(F)(F)c1ccc(Oc2ncccn2)cn1. The van der Waals surface area contributed by atoms with Crippen LogP contribution >= 0.6 is 0 Å². The molecule has 0 saturated carbocycles. The Labute approximate surface area is 178 Å². The number of ether oxygens (including phenoxy) is 1. The average molecular weight is 449 g/mol. The van der Waals surface area contributed by atoms with E-state index in [0.717, 1.165) is 24.4 Å². The number of aliphatic hydroxyl groups is 1. The summed E-state index contributed by atoms with van der Waals surface area (Å²) < 4.78 is 63.9. The Hall–Kier alpha value is -4.00. The van der Waals surface area contributed by atoms with Crippen molar-refractivity contribution in [1.82, 2.24) is 15.0 Å². The Balaban J connectivity index is 1.98. The maximum Gasteiger partial charge on any atom is 0.323 e. The third-order valence-corrected chi connectivity index (χ3v) is 4.23. The fourth-order valence-corrected chi connectivity index (χ4v) is 2.70. The molecular formula is C19H15F4N7O2. The van der Waals surface area contributed by atoms with Crippen LogP contribution in [-0.4, -0.2) is 32.9 Å². The second kappa shape index (κ2) is 9.43. The van der Waals surface area contributed by atoms with Crippen molar-refractivity contribution in [3.8, 4) is 11.8 Å². The van der Waals surface area contributed by atoms with E-state index in [-0.39, 0.29) is 11.8 Å². The Morgan fingerprint density at radius 1 is 1.09 bits per heavy atom. The first-order valence-electron chi connectivity index (χ1n) is 8.83. The molecule has 0 aliphatic rings. The van der Waals surface area contributed by atoms with Crippen LogP contribution in [0.2, 0.25) is 0 Å². The van der Waals surface area contributed by atoms with Crippen LogP contribution in [0.3, 0.4) is 0 Å². The van der Waals surface area contributed by atoms with Gasteiger partial charge in [-0.2, -0.15) is 8.78 Å². The van der Waals surface area contributed by atoms with Crippen LogP contribution in [0.1, 0.15) is 11.3 Å². The van der Waals surface area contributed by atoms with Gasteiger partial charge in [0.2, 0.25) is 0 Å². The molecule has 0 amide bonds. The summed E-state index contributed by atoms with van der Waals surface area (Å²) in [5, 5.41) is 17.0. The van der Waals surface area contributed by atoms with Crippen molar-refractivity contribution in [2.45, 2.75) is 11.5 Å². The number of aliphatic imine (C=N–C) groups is 1. The zero-order valence-corrected chi connectivity index (χ0v) is 16.1. The highest BCUT2D eigenvalue weighted by Crippen LogP contribution is 2.46. The molecular weight excluding hydrogens is 434 g/mol. The first-order chi connectivity index (χ1) is 15.3. The highest BCUT2D eigenvalue weighted by molar-refractivity contribution is 5.54. The van der Waals surface area contributed by atoms with E-state index in [9.17, 15) is 13.9 Å². The molecule has 0 fully saturated rings. The van der Waals surface area contributed by atoms with E-state index in [1.54, 1.807) is 6.07 Å². The maximum atomic E-state index is 15.4. The normalized spacial score (nSPS) is 14.0. The average Bonchev–Trinajstić information content (AvgIpc) is 2.77. The predicted molar refractivity (Wildman–Crippen MR) is 103 cm³/mol. The van der Waals surface area contributed by atoms with E-state index in [4.69, 9.17) is 10.6 Å². The van der Waals surface area contributed by atoms with Gasteiger partial charge < -0.3 is 15.7 Å². The minimum absolute atomic E-state index is 0.0358. The third kappa shape index (κ3) is 4.67. The molecule has 1 atom stereocenters. The monoisotopic (exact) mass is 449 g/mol. The van der Waals surface area contributed by atoms with Gasteiger partial charge in [0.1, 0.15) is 29.4 Å². The van der Waals surface area contributed by atoms with Crippen molar-refractivity contribution in [2.24, 2.45) is 21.2 Å². The minimum Gasteiger partial charge on any atom is -0.423 e. The highest BCUT2D eigenvalue weighted by Gasteiger charge is 2.57. The van der Waals surface area contributed by atoms with Crippen LogP contribution in [-0.2, 0) is 11.5 Å². The lowest BCUT2D eigenvalue weighted by atomic mass is 9.84. The van der Waals surface area contributed by atoms with Crippen LogP contribution < -0.4 is 10.6 Å². The molecule has 2 heterocycles. The lowest BCUT2D eigenvalue weighted by Gasteiger charge is -2.34. The van der Waals surface area contributed by atoms with E-state index in [1.807, 2.05) is 0 Å². The minimum atomic E-state index is -4.19. The van der Waals surface area contributed by atoms with Crippen molar-refractivity contribution >= 4 is 6.34 Å². The van der Waals surface area contributed by atoms with Crippen molar-refractivity contribution in [3.63, 3.8) is 0 Å². The van der Waals surface area contributed by atoms with Crippen LogP contribution in [0.15, 0.2) is 70.3 Å². The van der Waals surface area contributed by atoms with Crippen molar-refractivity contribution < 1.29 is 27.4 Å². The number of nitrogens with two attached hydrogens (primary N) is 1. The van der Waals surface area contributed by atoms with Crippen molar-refractivity contribution in [3.05, 3.63) is 77.9 Å². The Kier molecular flexibility index (Phi) is 6.68. The number of aromatic nitrogens is 3. The van der Waals surface area contributed by atoms with E-state index >= 15 is 8.78 Å². The summed E-state index contributed by atoms with van der Waals surface area (Å²) in [6.45, 7) is -1.07. The molecule has 0 spiro atoms. The first kappa shape index (κ1) is 22.7. The molecule has 3 N–H and O–H groups in total. The molecule has 2 aromatic heterocycles. The van der Waals surface area contributed by atoms with Gasteiger partial charge in [0.05, 0.1) is 12.7 Å². The van der Waals surface area contributed by atoms with Gasteiger partial charge in [-0.15, -0.1) is 5.11 Å². The van der Waals surface area contributed by atoms with Crippen molar-refractivity contribution in [1.29, 1.82) is 0 Å². The van der Waals surface area contributed by atoms with Gasteiger partial charge >= 0.3 is 11.9 Å². The Bertz CT molecular complexity index is 1110. The quantitative estimate of drug-likeness (QED) is 0.136. The Morgan fingerprint density at radius 2 is 1.84 bits per heavy atom. The molecule has 166 valence electrons. The topological polar surface area (TPSA) is 131 Å². The smallest absolute Gasteiger partial charge is 0.323 e. The lowest BCUT2D eigenvalue weighted by molar-refractivity contribution is -0.193. The van der Waals surface area contributed by atoms with E-state index in [1.165, 1.54) is 12.4 Å². The predicted octanol–water partition coefficient (Wildman–Crippen LogP) is 3.28. The Morgan fingerprint density at radius 3 is 2.47 bits per heavy atom. The van der Waals surface area contributed by atoms with E-state index in [0.29, 0.717) is 18.5 Å². The second-order valence-electron chi connectivity index (χ2n) is 6.26. The number of rotatable bonds is 8. The second-order valence-corrected chi connectivity index (χ2v) is 6.26. The van der Waals surface area contributed by atoms with Crippen LogP contribution in [0.5, 0.6) is 11.8 Å². The van der Waals surface area contributed by atoms with Crippen LogP contribution in [0, 0.1) is 11.6 Å². The molecule has 3 aromatic rings. The molecule has 1 unspecified atom stereocenters. The van der Waals surface area contributed by atoms with Gasteiger partial charge in [-0.3, -0.25) is 9.98 Å². The molecule has 0 aliphatic heterocycles. The highest BCUT2D eigenvalue weighted by atomic mass is 19.3. The number of hydrogen-bond acceptors (Lipinski definition) is 7. The number of hydrogen-bond donors (Lipinski definition) is 2. The van der Waals surface area contributed by atoms with Gasteiger partial charge in [0, 0.05) is 24.0 Å². The van der Waals surface area contributed by atoms with Crippen LogP contribution in [0.25, 0.3) is 0 Å². The molecule has 0 radical (unpaired) electrons. The fourth-order valence-electron chi connectivity index (χ4n) is 2.70. The molecule has 9 nitrogen and oxygen atoms in total. The summed E-state index contributed by atoms with van der Waals surface area (Å²) in [4.78, 5) is 14.8. The van der Waals surface area contributed by atoms with Crippen LogP contribution in [0.4, 0.5) is 17.6 Å². The largest absolute Gasteiger partial charge is 0.423 e. The first-order valence-corrected chi connectivity index (χ1v) is 8.83. The van der Waals surface area contributed by atoms with Gasteiger partial charge in [-0.25, -0.2) is 18.7 Å². The number of benzene rings is 1. The summed E-state index contributed by atoms with van der Waals surface area (Å²) >= 11 is 0.